The van der Waals surface area contributed by atoms with E-state index in [1.165, 1.54) is 0 Å². The number of ether oxygens (including phenoxy) is 11. The number of aliphatic hydroxyl groups excluding tert-OH is 23. The van der Waals surface area contributed by atoms with Crippen LogP contribution in [0.3, 0.4) is 0 Å². The van der Waals surface area contributed by atoms with Crippen LogP contribution in [0.2, 0.25) is 0 Å². The van der Waals surface area contributed by atoms with Gasteiger partial charge in [-0.3, -0.25) is 0 Å². The first-order valence-corrected chi connectivity index (χ1v) is 23.7. The predicted molar refractivity (Wildman–Crippen MR) is 233 cm³/mol. The highest BCUT2D eigenvalue weighted by molar-refractivity contribution is 5.32. The lowest BCUT2D eigenvalue weighted by molar-refractivity contribution is -0.539. The molecule has 10 bridgehead atoms. The molecule has 35 heteroatoms. The molecular formula is C42H68O35. The quantitative estimate of drug-likeness (QED) is 0.0966. The molecule has 1 aliphatic carbocycles. The van der Waals surface area contributed by atoms with Crippen LogP contribution in [-0.4, -0.2) is 328 Å². The van der Waals surface area contributed by atoms with Crippen LogP contribution in [0.4, 0.5) is 0 Å². The molecule has 0 aromatic carbocycles. The van der Waals surface area contributed by atoms with Crippen molar-refractivity contribution in [2.75, 3.05) is 46.2 Å². The third kappa shape index (κ3) is 12.0. The zero-order valence-corrected chi connectivity index (χ0v) is 40.2. The summed E-state index contributed by atoms with van der Waals surface area (Å²) >= 11 is 0. The van der Waals surface area contributed by atoms with Crippen LogP contribution in [0.1, 0.15) is 19.3 Å². The van der Waals surface area contributed by atoms with Gasteiger partial charge in [0.1, 0.15) is 104 Å². The third-order valence-corrected chi connectivity index (χ3v) is 13.9. The first kappa shape index (κ1) is 63.0. The van der Waals surface area contributed by atoms with E-state index in [-0.39, 0.29) is 0 Å². The van der Waals surface area contributed by atoms with Crippen LogP contribution in [0.15, 0.2) is 34.6 Å². The molecule has 9 aliphatic heterocycles. The standard InChI is InChI=1S/C42H68O35/c43-4-1-11-17(50)23(56)34(63)74-30-15(8-47)71-38(27(60)21(30)54)69-13(3-6-45)19(52)25(58)36(65)76-33-32(62)42(66)40(77-41(33,42)10-49)75-31-16(9-48)72-39(28(61)22(31)55)68-12(2-5-44)18(51)24(57)35(64)73-29-14(7-46)70-37(67-11)26(59)20(29)53/h11-16,20-22,26-40,43-66H,1-10H2. The molecule has 0 radical (unpaired) electrons. The molecule has 4 saturated heterocycles. The average molecular weight is 1130 g/mol. The molecule has 0 aromatic heterocycles. The summed E-state index contributed by atoms with van der Waals surface area (Å²) in [4.78, 5) is 0. The Labute approximate surface area is 433 Å². The Hall–Kier alpha value is -3.14. The largest absolute Gasteiger partial charge is 0.506 e. The highest BCUT2D eigenvalue weighted by Crippen LogP contribution is 2.59. The second kappa shape index (κ2) is 26.2. The Morgan fingerprint density at radius 3 is 0.974 bits per heavy atom. The zero-order valence-electron chi connectivity index (χ0n) is 40.2. The molecule has 77 heavy (non-hydrogen) atoms. The molecule has 26 atom stereocenters. The number of fused-ring (bicyclic) bond motifs is 3. The summed E-state index contributed by atoms with van der Waals surface area (Å²) in [6.45, 7) is -7.32. The van der Waals surface area contributed by atoms with Gasteiger partial charge in [0, 0.05) is 39.1 Å². The predicted octanol–water partition coefficient (Wildman–Crippen LogP) is -10.7. The lowest BCUT2D eigenvalue weighted by atomic mass is 9.55. The Morgan fingerprint density at radius 1 is 0.364 bits per heavy atom. The number of rotatable bonds is 10. The fraction of sp³-hybridized carbons (Fsp3) is 0.857. The molecule has 0 spiro atoms. The van der Waals surface area contributed by atoms with E-state index in [4.69, 9.17) is 52.1 Å². The zero-order chi connectivity index (χ0) is 57.2. The fourth-order valence-electron chi connectivity index (χ4n) is 9.45. The monoisotopic (exact) mass is 1130 g/mol. The van der Waals surface area contributed by atoms with E-state index >= 15 is 0 Å². The molecule has 5 fully saturated rings. The van der Waals surface area contributed by atoms with Crippen LogP contribution >= 0.6 is 0 Å². The van der Waals surface area contributed by atoms with Crippen LogP contribution in [0.5, 0.6) is 0 Å². The molecule has 446 valence electrons. The van der Waals surface area contributed by atoms with Gasteiger partial charge in [-0.1, -0.05) is 0 Å². The minimum absolute atomic E-state index is 0.702. The van der Waals surface area contributed by atoms with Crippen molar-refractivity contribution in [3.8, 4) is 0 Å². The molecule has 10 aliphatic rings. The topological polar surface area (TPSA) is 587 Å². The minimum atomic E-state index is -2.75. The average Bonchev–Trinajstić information content (AvgIpc) is 3.60. The van der Waals surface area contributed by atoms with Crippen molar-refractivity contribution in [3.63, 3.8) is 0 Å². The van der Waals surface area contributed by atoms with Crippen LogP contribution in [-0.2, 0) is 52.1 Å². The van der Waals surface area contributed by atoms with E-state index in [1.807, 2.05) is 0 Å². The molecule has 35 nitrogen and oxygen atoms in total. The van der Waals surface area contributed by atoms with Gasteiger partial charge in [-0.25, -0.2) is 0 Å². The van der Waals surface area contributed by atoms with Gasteiger partial charge in [0.2, 0.25) is 18.9 Å². The van der Waals surface area contributed by atoms with Gasteiger partial charge < -0.3 is 175 Å². The van der Waals surface area contributed by atoms with Gasteiger partial charge in [-0.2, -0.15) is 0 Å². The number of aliphatic hydroxyl groups is 24. The Bertz CT molecular complexity index is 2010. The first-order chi connectivity index (χ1) is 36.4. The van der Waals surface area contributed by atoms with E-state index in [0.717, 1.165) is 0 Å². The molecule has 0 amide bonds. The number of hydrogen-bond acceptors (Lipinski definition) is 35. The van der Waals surface area contributed by atoms with Crippen molar-refractivity contribution >= 4 is 0 Å². The van der Waals surface area contributed by atoms with Crippen LogP contribution < -0.4 is 0 Å². The van der Waals surface area contributed by atoms with E-state index < -0.39 is 259 Å². The Kier molecular flexibility index (Phi) is 21.4. The summed E-state index contributed by atoms with van der Waals surface area (Å²) in [6, 6.07) is 0. The van der Waals surface area contributed by atoms with E-state index in [9.17, 15) is 123 Å². The first-order valence-electron chi connectivity index (χ1n) is 23.7. The van der Waals surface area contributed by atoms with Gasteiger partial charge >= 0.3 is 0 Å². The summed E-state index contributed by atoms with van der Waals surface area (Å²) in [5, 5.41) is 258. The molecule has 1 saturated carbocycles. The van der Waals surface area contributed by atoms with Crippen molar-refractivity contribution in [1.82, 2.24) is 0 Å². The maximum atomic E-state index is 11.6. The van der Waals surface area contributed by atoms with Crippen molar-refractivity contribution in [3.05, 3.63) is 34.6 Å². The van der Waals surface area contributed by atoms with Gasteiger partial charge in [0.15, 0.2) is 70.9 Å². The Balaban J connectivity index is 1.34. The third-order valence-electron chi connectivity index (χ3n) is 13.9. The summed E-state index contributed by atoms with van der Waals surface area (Å²) in [7, 11) is 0. The van der Waals surface area contributed by atoms with Crippen molar-refractivity contribution < 1.29 is 175 Å². The van der Waals surface area contributed by atoms with Crippen LogP contribution in [0, 0.1) is 0 Å². The van der Waals surface area contributed by atoms with Crippen molar-refractivity contribution in [1.29, 1.82) is 0 Å². The smallest absolute Gasteiger partial charge is 0.218 e. The lowest BCUT2D eigenvalue weighted by Crippen LogP contribution is -2.96. The molecule has 26 unspecified atom stereocenters. The van der Waals surface area contributed by atoms with Crippen molar-refractivity contribution in [2.24, 2.45) is 0 Å². The van der Waals surface area contributed by atoms with E-state index in [0.29, 0.717) is 0 Å². The molecule has 0 aromatic rings. The molecular weight excluding hydrogens is 1060 g/mol. The van der Waals surface area contributed by atoms with Gasteiger partial charge in [-0.05, 0) is 0 Å². The van der Waals surface area contributed by atoms with Crippen LogP contribution in [0.25, 0.3) is 0 Å². The maximum Gasteiger partial charge on any atom is 0.218 e. The lowest BCUT2D eigenvalue weighted by Gasteiger charge is -2.72. The summed E-state index contributed by atoms with van der Waals surface area (Å²) in [6.07, 6.45) is -54.6. The summed E-state index contributed by atoms with van der Waals surface area (Å²) in [5.41, 5.74) is -5.19. The normalized spacial score (nSPS) is 47.3. The maximum absolute atomic E-state index is 11.6. The van der Waals surface area contributed by atoms with Gasteiger partial charge in [0.25, 0.3) is 0 Å². The SMILES string of the molecule is OCCC1OC2OC(CO)C(OC(O)C(O)=C(O)C(CCO)OC3OC(CO)C(OC4OC5(CO)C(OC(O)C(O)=C(O)C(CCO)OC6OC(CO)C(OC(O)C(O)=C1O)C(O)C6O)C(O)C45O)C(O)C3O)C(O)C2O. The minimum Gasteiger partial charge on any atom is -0.506 e. The second-order valence-electron chi connectivity index (χ2n) is 18.5. The highest BCUT2D eigenvalue weighted by atomic mass is 16.8. The second-order valence-corrected chi connectivity index (χ2v) is 18.5. The summed E-state index contributed by atoms with van der Waals surface area (Å²) < 4.78 is 59.8. The van der Waals surface area contributed by atoms with Crippen molar-refractivity contribution in [2.45, 2.75) is 178 Å². The highest BCUT2D eigenvalue weighted by Gasteiger charge is 2.86. The van der Waals surface area contributed by atoms with Gasteiger partial charge in [0.05, 0.1) is 26.4 Å². The van der Waals surface area contributed by atoms with Gasteiger partial charge in [-0.15, -0.1) is 0 Å². The molecule has 24 N–H and O–H groups in total. The summed E-state index contributed by atoms with van der Waals surface area (Å²) in [5.74, 6) is -8.79. The van der Waals surface area contributed by atoms with E-state index in [1.54, 1.807) is 0 Å². The Morgan fingerprint density at radius 2 is 0.675 bits per heavy atom. The fourth-order valence-corrected chi connectivity index (χ4v) is 9.45. The number of hydrogen-bond donors (Lipinski definition) is 24. The van der Waals surface area contributed by atoms with E-state index in [2.05, 4.69) is 0 Å². The molecule has 9 heterocycles. The molecule has 10 rings (SSSR count).